The second-order valence-corrected chi connectivity index (χ2v) is 2.82. The van der Waals surface area contributed by atoms with Crippen molar-refractivity contribution in [2.24, 2.45) is 0 Å². The maximum atomic E-state index is 11.1. The minimum absolute atomic E-state index is 0.346. The fourth-order valence-corrected chi connectivity index (χ4v) is 0.951. The summed E-state index contributed by atoms with van der Waals surface area (Å²) in [5.41, 5.74) is 0.898. The molecule has 0 saturated heterocycles. The Hall–Kier alpha value is -2.16. The zero-order chi connectivity index (χ0) is 11.1. The second kappa shape index (κ2) is 5.54. The number of aliphatic carboxylic acids is 1. The minimum Gasteiger partial charge on any atom is -0.478 e. The molecule has 3 nitrogen and oxygen atoms in total. The summed E-state index contributed by atoms with van der Waals surface area (Å²) in [6.45, 7) is 0. The molecule has 0 amide bonds. The zero-order valence-corrected chi connectivity index (χ0v) is 7.96. The van der Waals surface area contributed by atoms with Gasteiger partial charge < -0.3 is 5.11 Å². The molecule has 0 aliphatic heterocycles. The van der Waals surface area contributed by atoms with Crippen molar-refractivity contribution in [1.29, 1.82) is 0 Å². The summed E-state index contributed by atoms with van der Waals surface area (Å²) >= 11 is 0. The monoisotopic (exact) mass is 202 g/mol. The molecule has 1 aromatic rings. The maximum Gasteiger partial charge on any atom is 0.328 e. The quantitative estimate of drug-likeness (QED) is 0.759. The topological polar surface area (TPSA) is 54.4 Å². The Kier molecular flexibility index (Phi) is 4.04. The van der Waals surface area contributed by atoms with Crippen LogP contribution < -0.4 is 0 Å². The summed E-state index contributed by atoms with van der Waals surface area (Å²) in [5.74, 6) is -1.47. The summed E-state index contributed by atoms with van der Waals surface area (Å²) < 4.78 is 0. The number of carbonyl (C=O) groups excluding carboxylic acids is 1. The normalized spacial score (nSPS) is 10.9. The van der Waals surface area contributed by atoms with Gasteiger partial charge in [0.25, 0.3) is 0 Å². The van der Waals surface area contributed by atoms with Crippen LogP contribution in [0.4, 0.5) is 0 Å². The van der Waals surface area contributed by atoms with E-state index in [1.807, 2.05) is 30.3 Å². The molecule has 0 saturated carbocycles. The highest BCUT2D eigenvalue weighted by Gasteiger charge is 1.91. The Balaban J connectivity index is 2.59. The van der Waals surface area contributed by atoms with Crippen molar-refractivity contribution in [3.8, 4) is 0 Å². The number of hydrogen-bond donors (Lipinski definition) is 1. The first-order valence-corrected chi connectivity index (χ1v) is 4.36. The van der Waals surface area contributed by atoms with Crippen LogP contribution in [-0.4, -0.2) is 16.9 Å². The number of carbonyl (C=O) groups is 2. The predicted molar refractivity (Wildman–Crippen MR) is 57.3 cm³/mol. The largest absolute Gasteiger partial charge is 0.478 e. The molecule has 1 rings (SSSR count). The summed E-state index contributed by atoms with van der Waals surface area (Å²) in [5, 5.41) is 8.28. The third-order valence-electron chi connectivity index (χ3n) is 1.63. The van der Waals surface area contributed by atoms with E-state index < -0.39 is 5.97 Å². The van der Waals surface area contributed by atoms with E-state index in [0.29, 0.717) is 0 Å². The lowest BCUT2D eigenvalue weighted by molar-refractivity contribution is -0.131. The first-order chi connectivity index (χ1) is 7.18. The molecule has 0 bridgehead atoms. The van der Waals surface area contributed by atoms with E-state index in [1.54, 1.807) is 6.08 Å². The van der Waals surface area contributed by atoms with E-state index >= 15 is 0 Å². The first kappa shape index (κ1) is 10.9. The molecule has 0 fully saturated rings. The Bertz CT molecular complexity index is 402. The van der Waals surface area contributed by atoms with Crippen LogP contribution in [0.2, 0.25) is 0 Å². The summed E-state index contributed by atoms with van der Waals surface area (Å²) in [4.78, 5) is 21.2. The van der Waals surface area contributed by atoms with Gasteiger partial charge in [-0.3, -0.25) is 4.79 Å². The van der Waals surface area contributed by atoms with Crippen molar-refractivity contribution in [3.05, 3.63) is 54.1 Å². The van der Waals surface area contributed by atoms with Crippen LogP contribution in [0.1, 0.15) is 5.56 Å². The van der Waals surface area contributed by atoms with Gasteiger partial charge in [-0.15, -0.1) is 0 Å². The van der Waals surface area contributed by atoms with Crippen LogP contribution in [0.15, 0.2) is 48.6 Å². The molecule has 0 aliphatic carbocycles. The molecule has 1 N–H and O–H groups in total. The van der Waals surface area contributed by atoms with Crippen molar-refractivity contribution >= 4 is 17.8 Å². The van der Waals surface area contributed by atoms with Gasteiger partial charge in [-0.25, -0.2) is 4.79 Å². The van der Waals surface area contributed by atoms with E-state index in [2.05, 4.69) is 0 Å². The molecule has 3 heteroatoms. The van der Waals surface area contributed by atoms with Gasteiger partial charge in [-0.1, -0.05) is 36.4 Å². The highest BCUT2D eigenvalue weighted by molar-refractivity contribution is 6.04. The standard InChI is InChI=1S/C12H10O3/c13-11(8-9-12(14)15)7-6-10-4-2-1-3-5-10/h1-9H,(H,14,15). The van der Waals surface area contributed by atoms with Gasteiger partial charge in [0.15, 0.2) is 5.78 Å². The van der Waals surface area contributed by atoms with Gasteiger partial charge in [-0.2, -0.15) is 0 Å². The molecule has 1 aromatic carbocycles. The zero-order valence-electron chi connectivity index (χ0n) is 7.96. The highest BCUT2D eigenvalue weighted by atomic mass is 16.4. The number of benzene rings is 1. The summed E-state index contributed by atoms with van der Waals surface area (Å²) in [6.07, 6.45) is 4.79. The van der Waals surface area contributed by atoms with Gasteiger partial charge in [-0.05, 0) is 17.7 Å². The van der Waals surface area contributed by atoms with Crippen molar-refractivity contribution in [1.82, 2.24) is 0 Å². The van der Waals surface area contributed by atoms with Crippen molar-refractivity contribution < 1.29 is 14.7 Å². The Morgan fingerprint density at radius 1 is 1.00 bits per heavy atom. The van der Waals surface area contributed by atoms with Crippen LogP contribution in [0.5, 0.6) is 0 Å². The van der Waals surface area contributed by atoms with E-state index in [4.69, 9.17) is 5.11 Å². The van der Waals surface area contributed by atoms with E-state index in [0.717, 1.165) is 17.7 Å². The molecule has 0 aliphatic rings. The average molecular weight is 202 g/mol. The lowest BCUT2D eigenvalue weighted by Crippen LogP contribution is -1.91. The average Bonchev–Trinajstić information content (AvgIpc) is 2.25. The van der Waals surface area contributed by atoms with Crippen LogP contribution in [0.3, 0.4) is 0 Å². The number of hydrogen-bond acceptors (Lipinski definition) is 2. The molecule has 76 valence electrons. The number of rotatable bonds is 4. The second-order valence-electron chi connectivity index (χ2n) is 2.82. The van der Waals surface area contributed by atoms with Gasteiger partial charge in [0.05, 0.1) is 0 Å². The fraction of sp³-hybridized carbons (Fsp3) is 0. The highest BCUT2D eigenvalue weighted by Crippen LogP contribution is 2.00. The Morgan fingerprint density at radius 3 is 2.27 bits per heavy atom. The van der Waals surface area contributed by atoms with E-state index in [9.17, 15) is 9.59 Å². The minimum atomic E-state index is -1.13. The molecule has 0 heterocycles. The molecule has 0 radical (unpaired) electrons. The number of allylic oxidation sites excluding steroid dienone is 2. The van der Waals surface area contributed by atoms with E-state index in [1.165, 1.54) is 6.08 Å². The lowest BCUT2D eigenvalue weighted by Gasteiger charge is -1.89. The van der Waals surface area contributed by atoms with Crippen LogP contribution >= 0.6 is 0 Å². The van der Waals surface area contributed by atoms with E-state index in [-0.39, 0.29) is 5.78 Å². The van der Waals surface area contributed by atoms with Gasteiger partial charge >= 0.3 is 5.97 Å². The number of carboxylic acids is 1. The van der Waals surface area contributed by atoms with Crippen LogP contribution in [0, 0.1) is 0 Å². The van der Waals surface area contributed by atoms with Crippen molar-refractivity contribution in [2.45, 2.75) is 0 Å². The number of carboxylic acid groups (broad SMARTS) is 1. The van der Waals surface area contributed by atoms with Crippen LogP contribution in [-0.2, 0) is 9.59 Å². The molecule has 0 unspecified atom stereocenters. The molecule has 0 aromatic heterocycles. The summed E-state index contributed by atoms with van der Waals surface area (Å²) in [7, 11) is 0. The molecule has 15 heavy (non-hydrogen) atoms. The molecule has 0 atom stereocenters. The smallest absolute Gasteiger partial charge is 0.328 e. The Morgan fingerprint density at radius 2 is 1.67 bits per heavy atom. The van der Waals surface area contributed by atoms with Crippen molar-refractivity contribution in [2.75, 3.05) is 0 Å². The van der Waals surface area contributed by atoms with Gasteiger partial charge in [0.2, 0.25) is 0 Å². The first-order valence-electron chi connectivity index (χ1n) is 4.36. The van der Waals surface area contributed by atoms with Crippen molar-refractivity contribution in [3.63, 3.8) is 0 Å². The Labute approximate surface area is 87.4 Å². The third-order valence-corrected chi connectivity index (χ3v) is 1.63. The predicted octanol–water partition coefficient (Wildman–Crippen LogP) is 1.91. The maximum absolute atomic E-state index is 11.1. The number of ketones is 1. The molecular formula is C12H10O3. The van der Waals surface area contributed by atoms with Crippen LogP contribution in [0.25, 0.3) is 6.08 Å². The third kappa shape index (κ3) is 4.57. The fourth-order valence-electron chi connectivity index (χ4n) is 0.951. The lowest BCUT2D eigenvalue weighted by atomic mass is 10.2. The van der Waals surface area contributed by atoms with Gasteiger partial charge in [0.1, 0.15) is 0 Å². The SMILES string of the molecule is O=C(O)C=CC(=O)C=Cc1ccccc1. The molecule has 0 spiro atoms. The van der Waals surface area contributed by atoms with Gasteiger partial charge in [0, 0.05) is 6.08 Å². The summed E-state index contributed by atoms with van der Waals surface area (Å²) in [6, 6.07) is 9.30. The molecular weight excluding hydrogens is 192 g/mol.